The monoisotopic (exact) mass is 282 g/mol. The molecule has 0 saturated carbocycles. The van der Waals surface area contributed by atoms with Crippen LogP contribution in [0.1, 0.15) is 6.92 Å². The predicted octanol–water partition coefficient (Wildman–Crippen LogP) is 3.85. The molecule has 0 heterocycles. The van der Waals surface area contributed by atoms with E-state index in [0.29, 0.717) is 12.2 Å². The lowest BCUT2D eigenvalue weighted by Crippen LogP contribution is -2.12. The summed E-state index contributed by atoms with van der Waals surface area (Å²) in [6.45, 7) is 5.67. The van der Waals surface area contributed by atoms with Crippen molar-refractivity contribution in [3.05, 3.63) is 66.7 Å². The minimum absolute atomic E-state index is 0.214. The molecule has 3 heteroatoms. The maximum Gasteiger partial charge on any atom is 0.333 e. The fourth-order valence-electron chi connectivity index (χ4n) is 1.79. The highest BCUT2D eigenvalue weighted by Crippen LogP contribution is 2.21. The van der Waals surface area contributed by atoms with E-state index >= 15 is 0 Å². The van der Waals surface area contributed by atoms with Gasteiger partial charge in [0, 0.05) is 5.57 Å². The average Bonchev–Trinajstić information content (AvgIpc) is 2.52. The van der Waals surface area contributed by atoms with Crippen molar-refractivity contribution >= 4 is 5.97 Å². The third-order valence-corrected chi connectivity index (χ3v) is 2.90. The van der Waals surface area contributed by atoms with Gasteiger partial charge in [0.2, 0.25) is 0 Å². The summed E-state index contributed by atoms with van der Waals surface area (Å²) in [5, 5.41) is 0. The number of rotatable bonds is 6. The highest BCUT2D eigenvalue weighted by molar-refractivity contribution is 5.86. The second kappa shape index (κ2) is 7.29. The summed E-state index contributed by atoms with van der Waals surface area (Å²) >= 11 is 0. The maximum atomic E-state index is 11.2. The first-order chi connectivity index (χ1) is 10.2. The van der Waals surface area contributed by atoms with Crippen LogP contribution in [0, 0.1) is 0 Å². The largest absolute Gasteiger partial charge is 0.490 e. The number of carbonyl (C=O) groups is 1. The van der Waals surface area contributed by atoms with E-state index in [4.69, 9.17) is 9.47 Å². The van der Waals surface area contributed by atoms with Crippen LogP contribution < -0.4 is 4.74 Å². The highest BCUT2D eigenvalue weighted by atomic mass is 16.6. The van der Waals surface area contributed by atoms with Crippen LogP contribution in [-0.4, -0.2) is 19.2 Å². The maximum absolute atomic E-state index is 11.2. The van der Waals surface area contributed by atoms with E-state index in [9.17, 15) is 4.79 Å². The van der Waals surface area contributed by atoms with E-state index in [2.05, 4.69) is 18.7 Å². The van der Waals surface area contributed by atoms with E-state index in [1.165, 1.54) is 5.56 Å². The first kappa shape index (κ1) is 14.9. The van der Waals surface area contributed by atoms with E-state index in [-0.39, 0.29) is 6.61 Å². The van der Waals surface area contributed by atoms with Gasteiger partial charge in [-0.2, -0.15) is 0 Å². The summed E-state index contributed by atoms with van der Waals surface area (Å²) in [4.78, 5) is 11.2. The molecule has 2 aromatic rings. The Labute approximate surface area is 124 Å². The van der Waals surface area contributed by atoms with Gasteiger partial charge in [-0.1, -0.05) is 49.0 Å². The Balaban J connectivity index is 1.83. The summed E-state index contributed by atoms with van der Waals surface area (Å²) in [6.07, 6.45) is 0. The van der Waals surface area contributed by atoms with E-state index in [0.717, 1.165) is 11.3 Å². The van der Waals surface area contributed by atoms with Crippen LogP contribution in [0.5, 0.6) is 5.75 Å². The topological polar surface area (TPSA) is 35.5 Å². The molecule has 0 unspecified atom stereocenters. The van der Waals surface area contributed by atoms with Gasteiger partial charge in [-0.05, 0) is 30.2 Å². The molecular weight excluding hydrogens is 264 g/mol. The third-order valence-electron chi connectivity index (χ3n) is 2.90. The second-order valence-corrected chi connectivity index (χ2v) is 4.66. The zero-order chi connectivity index (χ0) is 15.1. The van der Waals surface area contributed by atoms with Crippen LogP contribution in [0.15, 0.2) is 66.7 Å². The molecule has 0 aliphatic rings. The van der Waals surface area contributed by atoms with Gasteiger partial charge in [0.15, 0.2) is 0 Å². The zero-order valence-electron chi connectivity index (χ0n) is 12.0. The van der Waals surface area contributed by atoms with Crippen LogP contribution in [0.2, 0.25) is 0 Å². The molecule has 0 atom stereocenters. The Hall–Kier alpha value is -2.55. The summed E-state index contributed by atoms with van der Waals surface area (Å²) < 4.78 is 10.5. The van der Waals surface area contributed by atoms with Gasteiger partial charge in [-0.3, -0.25) is 0 Å². The fraction of sp³-hybridized carbons (Fsp3) is 0.167. The third kappa shape index (κ3) is 4.49. The van der Waals surface area contributed by atoms with Crippen LogP contribution in [0.4, 0.5) is 0 Å². The predicted molar refractivity (Wildman–Crippen MR) is 83.1 cm³/mol. The van der Waals surface area contributed by atoms with Gasteiger partial charge in [-0.25, -0.2) is 4.79 Å². The molecule has 0 aromatic heterocycles. The SMILES string of the molecule is C=C(C)C(=O)OCCOc1ccc(-c2ccccc2)cc1. The molecule has 108 valence electrons. The van der Waals surface area contributed by atoms with E-state index in [1.54, 1.807) is 6.92 Å². The number of esters is 1. The van der Waals surface area contributed by atoms with Crippen LogP contribution in [0.3, 0.4) is 0 Å². The zero-order valence-corrected chi connectivity index (χ0v) is 12.0. The van der Waals surface area contributed by atoms with Gasteiger partial charge >= 0.3 is 5.97 Å². The molecule has 0 spiro atoms. The molecule has 0 aliphatic carbocycles. The lowest BCUT2D eigenvalue weighted by molar-refractivity contribution is -0.139. The first-order valence-electron chi connectivity index (χ1n) is 6.78. The van der Waals surface area contributed by atoms with Crippen LogP contribution >= 0.6 is 0 Å². The van der Waals surface area contributed by atoms with Gasteiger partial charge in [-0.15, -0.1) is 0 Å². The molecule has 21 heavy (non-hydrogen) atoms. The number of carbonyl (C=O) groups excluding carboxylic acids is 1. The summed E-state index contributed by atoms with van der Waals surface area (Å²) in [5.41, 5.74) is 2.69. The minimum Gasteiger partial charge on any atom is -0.490 e. The molecular formula is C18H18O3. The molecule has 2 rings (SSSR count). The normalized spacial score (nSPS) is 9.95. The molecule has 0 bridgehead atoms. The van der Waals surface area contributed by atoms with Crippen LogP contribution in [-0.2, 0) is 9.53 Å². The number of hydrogen-bond donors (Lipinski definition) is 0. The highest BCUT2D eigenvalue weighted by Gasteiger charge is 2.03. The average molecular weight is 282 g/mol. The summed E-state index contributed by atoms with van der Waals surface area (Å²) in [7, 11) is 0. The lowest BCUT2D eigenvalue weighted by Gasteiger charge is -2.08. The molecule has 0 fully saturated rings. The number of hydrogen-bond acceptors (Lipinski definition) is 3. The molecule has 3 nitrogen and oxygen atoms in total. The minimum atomic E-state index is -0.391. The number of ether oxygens (including phenoxy) is 2. The molecule has 0 amide bonds. The summed E-state index contributed by atoms with van der Waals surface area (Å²) in [6, 6.07) is 18.0. The van der Waals surface area contributed by atoms with Crippen molar-refractivity contribution in [2.45, 2.75) is 6.92 Å². The first-order valence-corrected chi connectivity index (χ1v) is 6.78. The van der Waals surface area contributed by atoms with Crippen molar-refractivity contribution in [1.82, 2.24) is 0 Å². The molecule has 0 aliphatic heterocycles. The summed E-state index contributed by atoms with van der Waals surface area (Å²) in [5.74, 6) is 0.360. The fourth-order valence-corrected chi connectivity index (χ4v) is 1.79. The Morgan fingerprint density at radius 1 is 0.952 bits per heavy atom. The Morgan fingerprint density at radius 3 is 2.19 bits per heavy atom. The second-order valence-electron chi connectivity index (χ2n) is 4.66. The molecule has 0 radical (unpaired) electrons. The number of benzene rings is 2. The van der Waals surface area contributed by atoms with E-state index < -0.39 is 5.97 Å². The van der Waals surface area contributed by atoms with Crippen molar-refractivity contribution in [3.63, 3.8) is 0 Å². The van der Waals surface area contributed by atoms with Gasteiger partial charge in [0.1, 0.15) is 19.0 Å². The van der Waals surface area contributed by atoms with Gasteiger partial charge in [0.05, 0.1) is 0 Å². The lowest BCUT2D eigenvalue weighted by atomic mass is 10.1. The van der Waals surface area contributed by atoms with Crippen molar-refractivity contribution in [2.24, 2.45) is 0 Å². The Bertz CT molecular complexity index is 600. The van der Waals surface area contributed by atoms with Gasteiger partial charge in [0.25, 0.3) is 0 Å². The molecule has 2 aromatic carbocycles. The van der Waals surface area contributed by atoms with Crippen LogP contribution in [0.25, 0.3) is 11.1 Å². The smallest absolute Gasteiger partial charge is 0.333 e. The van der Waals surface area contributed by atoms with Crippen molar-refractivity contribution < 1.29 is 14.3 Å². The molecule has 0 saturated heterocycles. The Kier molecular flexibility index (Phi) is 5.16. The van der Waals surface area contributed by atoms with Crippen molar-refractivity contribution in [1.29, 1.82) is 0 Å². The van der Waals surface area contributed by atoms with E-state index in [1.807, 2.05) is 42.5 Å². The van der Waals surface area contributed by atoms with Gasteiger partial charge < -0.3 is 9.47 Å². The van der Waals surface area contributed by atoms with Crippen molar-refractivity contribution in [3.8, 4) is 16.9 Å². The standard InChI is InChI=1S/C18H18O3/c1-14(2)18(19)21-13-12-20-17-10-8-16(9-11-17)15-6-4-3-5-7-15/h3-11H,1,12-13H2,2H3. The van der Waals surface area contributed by atoms with Crippen molar-refractivity contribution in [2.75, 3.05) is 13.2 Å². The Morgan fingerprint density at radius 2 is 1.57 bits per heavy atom. The molecule has 0 N–H and O–H groups in total. The quantitative estimate of drug-likeness (QED) is 0.458.